The second kappa shape index (κ2) is 5.25. The number of aliphatic carboxylic acids is 1. The summed E-state index contributed by atoms with van der Waals surface area (Å²) in [5, 5.41) is 20.1. The number of carboxylic acids is 1. The molecular weight excluding hydrogens is 234 g/mol. The molecule has 1 heterocycles. The number of sulfonamides is 1. The summed E-state index contributed by atoms with van der Waals surface area (Å²) < 4.78 is 24.6. The van der Waals surface area contributed by atoms with Crippen LogP contribution in [0.5, 0.6) is 0 Å². The lowest BCUT2D eigenvalue weighted by Gasteiger charge is -2.30. The van der Waals surface area contributed by atoms with Gasteiger partial charge in [-0.05, 0) is 0 Å². The number of carbonyl (C=O) groups is 1. The Balaban J connectivity index is 2.73. The van der Waals surface area contributed by atoms with E-state index < -0.39 is 34.2 Å². The van der Waals surface area contributed by atoms with Gasteiger partial charge in [0.2, 0.25) is 10.0 Å². The highest BCUT2D eigenvalue weighted by Gasteiger charge is 2.32. The lowest BCUT2D eigenvalue weighted by atomic mass is 10.3. The Morgan fingerprint density at radius 1 is 1.62 bits per heavy atom. The molecule has 2 N–H and O–H groups in total. The zero-order valence-electron chi connectivity index (χ0n) is 8.59. The molecule has 0 amide bonds. The number of rotatable bonds is 4. The first-order valence-electron chi connectivity index (χ1n) is 4.79. The van der Waals surface area contributed by atoms with Gasteiger partial charge in [0.25, 0.3) is 0 Å². The van der Waals surface area contributed by atoms with E-state index in [1.807, 2.05) is 6.07 Å². The summed E-state index contributed by atoms with van der Waals surface area (Å²) in [4.78, 5) is 10.3. The Morgan fingerprint density at radius 2 is 2.31 bits per heavy atom. The van der Waals surface area contributed by atoms with Gasteiger partial charge in [-0.25, -0.2) is 8.42 Å². The Labute approximate surface area is 93.7 Å². The van der Waals surface area contributed by atoms with Crippen molar-refractivity contribution in [1.82, 2.24) is 9.62 Å². The first-order valence-corrected chi connectivity index (χ1v) is 6.40. The van der Waals surface area contributed by atoms with E-state index >= 15 is 0 Å². The van der Waals surface area contributed by atoms with E-state index in [4.69, 9.17) is 10.4 Å². The van der Waals surface area contributed by atoms with Crippen molar-refractivity contribution in [2.24, 2.45) is 0 Å². The molecule has 1 fully saturated rings. The van der Waals surface area contributed by atoms with Gasteiger partial charge < -0.3 is 10.4 Å². The van der Waals surface area contributed by atoms with Crippen LogP contribution in [0.2, 0.25) is 0 Å². The Hall–Kier alpha value is -1.17. The number of hydrogen-bond acceptors (Lipinski definition) is 5. The van der Waals surface area contributed by atoms with Crippen LogP contribution >= 0.6 is 0 Å². The fourth-order valence-corrected chi connectivity index (χ4v) is 3.01. The van der Waals surface area contributed by atoms with E-state index in [1.165, 1.54) is 0 Å². The van der Waals surface area contributed by atoms with Crippen molar-refractivity contribution in [3.8, 4) is 6.07 Å². The van der Waals surface area contributed by atoms with E-state index in [9.17, 15) is 13.2 Å². The molecule has 0 aliphatic carbocycles. The molecule has 1 saturated heterocycles. The van der Waals surface area contributed by atoms with Crippen LogP contribution in [0.4, 0.5) is 0 Å². The molecule has 0 radical (unpaired) electrons. The monoisotopic (exact) mass is 247 g/mol. The van der Waals surface area contributed by atoms with E-state index in [1.54, 1.807) is 0 Å². The van der Waals surface area contributed by atoms with Crippen LogP contribution in [0, 0.1) is 11.3 Å². The summed E-state index contributed by atoms with van der Waals surface area (Å²) in [6, 6.07) is 1.14. The maximum atomic E-state index is 11.7. The summed E-state index contributed by atoms with van der Waals surface area (Å²) in [5.41, 5.74) is 0. The number of piperazine rings is 1. The van der Waals surface area contributed by atoms with Gasteiger partial charge in [0.05, 0.1) is 18.2 Å². The number of nitrogens with one attached hydrogen (secondary N) is 1. The van der Waals surface area contributed by atoms with Gasteiger partial charge in [-0.1, -0.05) is 0 Å². The van der Waals surface area contributed by atoms with Crippen LogP contribution in [-0.4, -0.2) is 55.2 Å². The van der Waals surface area contributed by atoms with Crippen molar-refractivity contribution >= 4 is 16.0 Å². The standard InChI is InChI=1S/C8H13N3O4S/c9-5-7-6-10-2-3-11(7)16(14,15)4-1-8(12)13/h7,10H,1-4,6H2,(H,12,13). The molecule has 1 unspecified atom stereocenters. The van der Waals surface area contributed by atoms with Gasteiger partial charge in [-0.15, -0.1) is 0 Å². The van der Waals surface area contributed by atoms with Crippen LogP contribution in [0.3, 0.4) is 0 Å². The van der Waals surface area contributed by atoms with Crippen molar-refractivity contribution in [1.29, 1.82) is 5.26 Å². The molecule has 7 nitrogen and oxygen atoms in total. The van der Waals surface area contributed by atoms with Crippen LogP contribution in [0.1, 0.15) is 6.42 Å². The molecule has 1 aliphatic heterocycles. The Bertz CT molecular complexity index is 400. The molecule has 16 heavy (non-hydrogen) atoms. The smallest absolute Gasteiger partial charge is 0.304 e. The zero-order valence-corrected chi connectivity index (χ0v) is 9.40. The second-order valence-electron chi connectivity index (χ2n) is 3.42. The van der Waals surface area contributed by atoms with Gasteiger partial charge in [0, 0.05) is 19.6 Å². The third kappa shape index (κ3) is 3.16. The average molecular weight is 247 g/mol. The molecular formula is C8H13N3O4S. The van der Waals surface area contributed by atoms with E-state index in [0.29, 0.717) is 6.54 Å². The fourth-order valence-electron chi connectivity index (χ4n) is 1.46. The molecule has 0 aromatic rings. The molecule has 0 aromatic heterocycles. The summed E-state index contributed by atoms with van der Waals surface area (Å²) in [7, 11) is -3.65. The second-order valence-corrected chi connectivity index (χ2v) is 5.46. The summed E-state index contributed by atoms with van der Waals surface area (Å²) >= 11 is 0. The minimum atomic E-state index is -3.65. The minimum Gasteiger partial charge on any atom is -0.481 e. The van der Waals surface area contributed by atoms with Gasteiger partial charge in [-0.3, -0.25) is 4.79 Å². The molecule has 1 aliphatic rings. The molecule has 0 spiro atoms. The van der Waals surface area contributed by atoms with Gasteiger partial charge in [0.1, 0.15) is 6.04 Å². The average Bonchev–Trinajstić information content (AvgIpc) is 2.26. The lowest BCUT2D eigenvalue weighted by Crippen LogP contribution is -2.53. The molecule has 1 rings (SSSR count). The highest BCUT2D eigenvalue weighted by Crippen LogP contribution is 2.10. The van der Waals surface area contributed by atoms with Gasteiger partial charge in [0.15, 0.2) is 0 Å². The summed E-state index contributed by atoms with van der Waals surface area (Å²) in [6.07, 6.45) is -0.440. The normalized spacial score (nSPS) is 22.6. The van der Waals surface area contributed by atoms with Crippen molar-refractivity contribution < 1.29 is 18.3 Å². The van der Waals surface area contributed by atoms with E-state index in [0.717, 1.165) is 4.31 Å². The number of hydrogen-bond donors (Lipinski definition) is 2. The number of carboxylic acid groups (broad SMARTS) is 1. The maximum absolute atomic E-state index is 11.7. The maximum Gasteiger partial charge on any atom is 0.304 e. The predicted octanol–water partition coefficient (Wildman–Crippen LogP) is -1.41. The van der Waals surface area contributed by atoms with Crippen molar-refractivity contribution in [2.75, 3.05) is 25.4 Å². The first kappa shape index (κ1) is 12.9. The van der Waals surface area contributed by atoms with Gasteiger partial charge in [-0.2, -0.15) is 9.57 Å². The third-order valence-electron chi connectivity index (χ3n) is 2.27. The van der Waals surface area contributed by atoms with Gasteiger partial charge >= 0.3 is 5.97 Å². The van der Waals surface area contributed by atoms with Crippen molar-refractivity contribution in [3.05, 3.63) is 0 Å². The first-order chi connectivity index (χ1) is 7.47. The van der Waals surface area contributed by atoms with Crippen LogP contribution in [0.25, 0.3) is 0 Å². The van der Waals surface area contributed by atoms with E-state index in [-0.39, 0.29) is 13.1 Å². The highest BCUT2D eigenvalue weighted by molar-refractivity contribution is 7.89. The topological polar surface area (TPSA) is 111 Å². The molecule has 0 saturated carbocycles. The molecule has 8 heteroatoms. The van der Waals surface area contributed by atoms with E-state index in [2.05, 4.69) is 5.32 Å². The highest BCUT2D eigenvalue weighted by atomic mass is 32.2. The zero-order chi connectivity index (χ0) is 12.2. The van der Waals surface area contributed by atoms with Crippen LogP contribution < -0.4 is 5.32 Å². The largest absolute Gasteiger partial charge is 0.481 e. The third-order valence-corrected chi connectivity index (χ3v) is 4.15. The minimum absolute atomic E-state index is 0.209. The molecule has 1 atom stereocenters. The summed E-state index contributed by atoms with van der Waals surface area (Å²) in [5.74, 6) is -1.62. The van der Waals surface area contributed by atoms with Crippen molar-refractivity contribution in [3.63, 3.8) is 0 Å². The quantitative estimate of drug-likeness (QED) is 0.631. The molecule has 0 aromatic carbocycles. The number of nitriles is 1. The lowest BCUT2D eigenvalue weighted by molar-refractivity contribution is -0.136. The fraction of sp³-hybridized carbons (Fsp3) is 0.750. The summed E-state index contributed by atoms with van der Waals surface area (Å²) in [6.45, 7) is 0.966. The van der Waals surface area contributed by atoms with Crippen LogP contribution in [-0.2, 0) is 14.8 Å². The van der Waals surface area contributed by atoms with Crippen molar-refractivity contribution in [2.45, 2.75) is 12.5 Å². The Morgan fingerprint density at radius 3 is 2.88 bits per heavy atom. The predicted molar refractivity (Wildman–Crippen MR) is 55.0 cm³/mol. The molecule has 0 bridgehead atoms. The Kier molecular flexibility index (Phi) is 4.23. The molecule has 90 valence electrons. The van der Waals surface area contributed by atoms with Crippen LogP contribution in [0.15, 0.2) is 0 Å². The SMILES string of the molecule is N#CC1CNCCN1S(=O)(=O)CCC(=O)O. The number of nitrogens with zero attached hydrogens (tertiary/aromatic N) is 2.